The number of fused-ring (bicyclic) bond motifs is 1. The predicted octanol–water partition coefficient (Wildman–Crippen LogP) is 3.91. The highest BCUT2D eigenvalue weighted by Gasteiger charge is 2.14. The van der Waals surface area contributed by atoms with Crippen molar-refractivity contribution >= 4 is 57.1 Å². The fraction of sp³-hybridized carbons (Fsp3) is 0.375. The summed E-state index contributed by atoms with van der Waals surface area (Å²) in [7, 11) is 0. The number of ether oxygens (including phenoxy) is 1. The third-order valence-corrected chi connectivity index (χ3v) is 4.12. The van der Waals surface area contributed by atoms with Crippen molar-refractivity contribution in [2.45, 2.75) is 13.8 Å². The Bertz CT molecular complexity index is 776. The van der Waals surface area contributed by atoms with Crippen LogP contribution < -0.4 is 5.43 Å². The number of halogens is 3. The van der Waals surface area contributed by atoms with Gasteiger partial charge in [0.05, 0.1) is 15.9 Å². The number of carbonyl (C=O) groups excluding carboxylic acids is 1. The Morgan fingerprint density at radius 3 is 2.50 bits per heavy atom. The van der Waals surface area contributed by atoms with Gasteiger partial charge in [-0.25, -0.2) is 4.79 Å². The number of pyridine rings is 1. The molecule has 2 rings (SSSR count). The van der Waals surface area contributed by atoms with Crippen molar-refractivity contribution in [2.75, 3.05) is 26.2 Å². The molecule has 0 unspecified atom stereocenters. The summed E-state index contributed by atoms with van der Waals surface area (Å²) in [6.07, 6.45) is 0. The highest BCUT2D eigenvalue weighted by molar-refractivity contribution is 8.93. The molecule has 0 saturated heterocycles. The van der Waals surface area contributed by atoms with Gasteiger partial charge in [-0.05, 0) is 25.2 Å². The summed E-state index contributed by atoms with van der Waals surface area (Å²) in [4.78, 5) is 29.2. The first kappa shape index (κ1) is 21.0. The molecule has 5 nitrogen and oxygen atoms in total. The van der Waals surface area contributed by atoms with Gasteiger partial charge in [0, 0.05) is 17.6 Å². The molecule has 1 aromatic carbocycles. The third kappa shape index (κ3) is 4.96. The first-order valence-corrected chi connectivity index (χ1v) is 8.13. The van der Waals surface area contributed by atoms with Crippen molar-refractivity contribution in [3.63, 3.8) is 0 Å². The number of hydrogen-bond acceptors (Lipinski definition) is 4. The summed E-state index contributed by atoms with van der Waals surface area (Å²) < 4.78 is 5.21. The molecule has 0 fully saturated rings. The molecule has 1 aromatic heterocycles. The molecule has 0 aliphatic heterocycles. The lowest BCUT2D eigenvalue weighted by Gasteiger charge is -2.17. The Balaban J connectivity index is 0.00000288. The minimum absolute atomic E-state index is 0. The van der Waals surface area contributed by atoms with Crippen molar-refractivity contribution in [1.29, 1.82) is 0 Å². The lowest BCUT2D eigenvalue weighted by Crippen LogP contribution is -2.28. The zero-order valence-electron chi connectivity index (χ0n) is 13.4. The molecule has 0 saturated carbocycles. The highest BCUT2D eigenvalue weighted by atomic mass is 79.9. The lowest BCUT2D eigenvalue weighted by atomic mass is 10.2. The van der Waals surface area contributed by atoms with E-state index in [9.17, 15) is 9.59 Å². The van der Waals surface area contributed by atoms with E-state index in [1.165, 1.54) is 12.1 Å². The molecular formula is C16H19BrCl2N2O3. The van der Waals surface area contributed by atoms with Crippen molar-refractivity contribution in [1.82, 2.24) is 9.88 Å². The van der Waals surface area contributed by atoms with Crippen LogP contribution in [0.1, 0.15) is 24.3 Å². The van der Waals surface area contributed by atoms with Gasteiger partial charge in [-0.2, -0.15) is 0 Å². The van der Waals surface area contributed by atoms with Crippen molar-refractivity contribution in [3.8, 4) is 0 Å². The summed E-state index contributed by atoms with van der Waals surface area (Å²) in [6.45, 7) is 6.76. The normalized spacial score (nSPS) is 10.7. The van der Waals surface area contributed by atoms with E-state index in [0.717, 1.165) is 13.1 Å². The van der Waals surface area contributed by atoms with Crippen LogP contribution in [0.4, 0.5) is 0 Å². The number of nitrogens with zero attached hydrogens (tertiary/aromatic N) is 1. The van der Waals surface area contributed by atoms with Crippen LogP contribution >= 0.6 is 40.2 Å². The average Bonchev–Trinajstić information content (AvgIpc) is 2.50. The molecule has 0 radical (unpaired) electrons. The monoisotopic (exact) mass is 436 g/mol. The number of benzene rings is 1. The molecule has 24 heavy (non-hydrogen) atoms. The Morgan fingerprint density at radius 1 is 1.21 bits per heavy atom. The maximum absolute atomic E-state index is 12.1. The lowest BCUT2D eigenvalue weighted by molar-refractivity contribution is 0.0460. The number of carbonyl (C=O) groups is 1. The summed E-state index contributed by atoms with van der Waals surface area (Å²) in [6, 6.07) is 4.24. The Kier molecular flexibility index (Phi) is 8.22. The van der Waals surface area contributed by atoms with Gasteiger partial charge in [0.1, 0.15) is 12.3 Å². The Labute approximate surface area is 160 Å². The van der Waals surface area contributed by atoms with Gasteiger partial charge in [0.2, 0.25) is 0 Å². The molecular weight excluding hydrogens is 419 g/mol. The summed E-state index contributed by atoms with van der Waals surface area (Å²) in [5, 5.41) is 0.927. The van der Waals surface area contributed by atoms with Crippen LogP contribution in [-0.4, -0.2) is 42.1 Å². The van der Waals surface area contributed by atoms with Gasteiger partial charge in [-0.15, -0.1) is 17.0 Å². The number of H-pyrrole nitrogens is 1. The molecule has 0 spiro atoms. The van der Waals surface area contributed by atoms with Gasteiger partial charge in [-0.3, -0.25) is 4.79 Å². The Hall–Kier alpha value is -1.08. The van der Waals surface area contributed by atoms with Crippen molar-refractivity contribution in [2.24, 2.45) is 0 Å². The summed E-state index contributed by atoms with van der Waals surface area (Å²) in [5.41, 5.74) is 0.141. The van der Waals surface area contributed by atoms with Crippen LogP contribution in [0.15, 0.2) is 23.0 Å². The largest absolute Gasteiger partial charge is 0.460 e. The zero-order chi connectivity index (χ0) is 17.0. The molecule has 8 heteroatoms. The SMILES string of the molecule is Br.CCN(CC)CCOC(=O)c1cc(=O)c2c(Cl)cc(Cl)cc2[nH]1. The quantitative estimate of drug-likeness (QED) is 0.695. The molecule has 0 amide bonds. The van der Waals surface area contributed by atoms with Gasteiger partial charge in [-0.1, -0.05) is 37.0 Å². The van der Waals surface area contributed by atoms with E-state index in [-0.39, 0.29) is 39.7 Å². The first-order valence-electron chi connectivity index (χ1n) is 7.37. The first-order chi connectivity index (χ1) is 11.0. The number of aromatic amines is 1. The second-order valence-corrected chi connectivity index (χ2v) is 5.86. The van der Waals surface area contributed by atoms with Gasteiger partial charge < -0.3 is 14.6 Å². The zero-order valence-corrected chi connectivity index (χ0v) is 16.6. The second kappa shape index (κ2) is 9.42. The molecule has 1 N–H and O–H groups in total. The molecule has 0 atom stereocenters. The summed E-state index contributed by atoms with van der Waals surface area (Å²) in [5.74, 6) is -0.577. The van der Waals surface area contributed by atoms with E-state index < -0.39 is 5.97 Å². The van der Waals surface area contributed by atoms with Gasteiger partial charge >= 0.3 is 5.97 Å². The maximum Gasteiger partial charge on any atom is 0.354 e. The fourth-order valence-corrected chi connectivity index (χ4v) is 2.89. The minimum Gasteiger partial charge on any atom is -0.460 e. The van der Waals surface area contributed by atoms with Crippen LogP contribution in [0.5, 0.6) is 0 Å². The molecule has 132 valence electrons. The van der Waals surface area contributed by atoms with Crippen LogP contribution in [-0.2, 0) is 4.74 Å². The van der Waals surface area contributed by atoms with E-state index >= 15 is 0 Å². The average molecular weight is 438 g/mol. The van der Waals surface area contributed by atoms with Crippen LogP contribution in [0.3, 0.4) is 0 Å². The second-order valence-electron chi connectivity index (χ2n) is 5.02. The summed E-state index contributed by atoms with van der Waals surface area (Å²) >= 11 is 12.0. The van der Waals surface area contributed by atoms with E-state index in [1.54, 1.807) is 6.07 Å². The third-order valence-electron chi connectivity index (χ3n) is 3.60. The molecule has 2 aromatic rings. The maximum atomic E-state index is 12.1. The molecule has 1 heterocycles. The number of esters is 1. The van der Waals surface area contributed by atoms with E-state index in [1.807, 2.05) is 13.8 Å². The number of nitrogens with one attached hydrogen (secondary N) is 1. The fourth-order valence-electron chi connectivity index (χ4n) is 2.30. The van der Waals surface area contributed by atoms with Crippen LogP contribution in [0.25, 0.3) is 10.9 Å². The van der Waals surface area contributed by atoms with E-state index in [0.29, 0.717) is 22.5 Å². The van der Waals surface area contributed by atoms with E-state index in [2.05, 4.69) is 9.88 Å². The van der Waals surface area contributed by atoms with E-state index in [4.69, 9.17) is 27.9 Å². The van der Waals surface area contributed by atoms with Crippen molar-refractivity contribution < 1.29 is 9.53 Å². The molecule has 0 bridgehead atoms. The topological polar surface area (TPSA) is 62.4 Å². The number of likely N-dealkylation sites (N-methyl/N-ethyl adjacent to an activating group) is 1. The van der Waals surface area contributed by atoms with Crippen LogP contribution in [0, 0.1) is 0 Å². The highest BCUT2D eigenvalue weighted by Crippen LogP contribution is 2.24. The Morgan fingerprint density at radius 2 is 1.88 bits per heavy atom. The number of rotatable bonds is 6. The van der Waals surface area contributed by atoms with Gasteiger partial charge in [0.15, 0.2) is 5.43 Å². The van der Waals surface area contributed by atoms with Crippen LogP contribution in [0.2, 0.25) is 10.0 Å². The predicted molar refractivity (Wildman–Crippen MR) is 103 cm³/mol. The number of aromatic nitrogens is 1. The standard InChI is InChI=1S/C16H18Cl2N2O3.BrH/c1-3-20(4-2)5-6-23-16(22)13-9-14(21)15-11(18)7-10(17)8-12(15)19-13;/h7-9H,3-6H2,1-2H3,(H,19,21);1H. The van der Waals surface area contributed by atoms with Crippen molar-refractivity contribution in [3.05, 3.63) is 44.2 Å². The number of hydrogen-bond donors (Lipinski definition) is 1. The minimum atomic E-state index is -0.577. The van der Waals surface area contributed by atoms with Gasteiger partial charge in [0.25, 0.3) is 0 Å². The smallest absolute Gasteiger partial charge is 0.354 e. The molecule has 0 aliphatic rings. The molecule has 0 aliphatic carbocycles.